The van der Waals surface area contributed by atoms with Gasteiger partial charge in [-0.3, -0.25) is 0 Å². The first kappa shape index (κ1) is 10.8. The molecule has 1 heterocycles. The van der Waals surface area contributed by atoms with Gasteiger partial charge in [0, 0.05) is 13.1 Å². The van der Waals surface area contributed by atoms with Crippen LogP contribution in [0.15, 0.2) is 0 Å². The standard InChI is InChI=1S/C8H13F4N/c9-3-5-13-4-1-2-7(6-13)8(10,11)12/h7H,1-6H2. The predicted octanol–water partition coefficient (Wildman–Crippen LogP) is 2.23. The highest BCUT2D eigenvalue weighted by Crippen LogP contribution is 2.32. The van der Waals surface area contributed by atoms with Crippen molar-refractivity contribution in [1.82, 2.24) is 4.90 Å². The van der Waals surface area contributed by atoms with Crippen LogP contribution < -0.4 is 0 Å². The van der Waals surface area contributed by atoms with E-state index in [1.165, 1.54) is 0 Å². The maximum atomic E-state index is 12.2. The lowest BCUT2D eigenvalue weighted by Gasteiger charge is -2.32. The Morgan fingerprint density at radius 2 is 2.00 bits per heavy atom. The van der Waals surface area contributed by atoms with Crippen LogP contribution in [0.3, 0.4) is 0 Å². The summed E-state index contributed by atoms with van der Waals surface area (Å²) in [5.41, 5.74) is 0. The number of hydrogen-bond acceptors (Lipinski definition) is 1. The number of rotatable bonds is 2. The van der Waals surface area contributed by atoms with E-state index in [1.807, 2.05) is 0 Å². The lowest BCUT2D eigenvalue weighted by atomic mass is 9.98. The second kappa shape index (κ2) is 4.26. The Bertz CT molecular complexity index is 155. The Kier molecular flexibility index (Phi) is 3.53. The Morgan fingerprint density at radius 1 is 1.31 bits per heavy atom. The second-order valence-electron chi connectivity index (χ2n) is 3.37. The third-order valence-corrected chi connectivity index (χ3v) is 2.37. The minimum Gasteiger partial charge on any atom is -0.300 e. The molecule has 0 amide bonds. The molecule has 0 aromatic rings. The molecule has 1 aliphatic heterocycles. The normalized spacial score (nSPS) is 26.3. The molecule has 1 atom stereocenters. The van der Waals surface area contributed by atoms with Crippen LogP contribution >= 0.6 is 0 Å². The number of alkyl halides is 4. The van der Waals surface area contributed by atoms with Crippen molar-refractivity contribution >= 4 is 0 Å². The van der Waals surface area contributed by atoms with Gasteiger partial charge in [0.25, 0.3) is 0 Å². The zero-order valence-electron chi connectivity index (χ0n) is 7.28. The molecule has 1 unspecified atom stereocenters. The van der Waals surface area contributed by atoms with E-state index in [0.29, 0.717) is 13.0 Å². The van der Waals surface area contributed by atoms with Gasteiger partial charge in [0.1, 0.15) is 6.67 Å². The molecule has 78 valence electrons. The first-order valence-electron chi connectivity index (χ1n) is 4.39. The van der Waals surface area contributed by atoms with Gasteiger partial charge in [-0.25, -0.2) is 4.39 Å². The first-order chi connectivity index (χ1) is 6.04. The van der Waals surface area contributed by atoms with Gasteiger partial charge < -0.3 is 4.90 Å². The van der Waals surface area contributed by atoms with Crippen molar-refractivity contribution in [1.29, 1.82) is 0 Å². The van der Waals surface area contributed by atoms with E-state index < -0.39 is 18.8 Å². The molecule has 0 saturated carbocycles. The highest BCUT2D eigenvalue weighted by atomic mass is 19.4. The van der Waals surface area contributed by atoms with Crippen LogP contribution in [0.2, 0.25) is 0 Å². The van der Waals surface area contributed by atoms with E-state index in [2.05, 4.69) is 0 Å². The molecule has 1 aliphatic rings. The highest BCUT2D eigenvalue weighted by Gasteiger charge is 2.41. The molecule has 0 N–H and O–H groups in total. The van der Waals surface area contributed by atoms with Crippen LogP contribution in [0.25, 0.3) is 0 Å². The number of piperidine rings is 1. The lowest BCUT2D eigenvalue weighted by molar-refractivity contribution is -0.186. The topological polar surface area (TPSA) is 3.24 Å². The molecule has 1 rings (SSSR count). The Hall–Kier alpha value is -0.320. The zero-order chi connectivity index (χ0) is 9.90. The zero-order valence-corrected chi connectivity index (χ0v) is 7.28. The molecular weight excluding hydrogens is 186 g/mol. The van der Waals surface area contributed by atoms with Gasteiger partial charge in [-0.05, 0) is 19.4 Å². The molecule has 0 spiro atoms. The third-order valence-electron chi connectivity index (χ3n) is 2.37. The van der Waals surface area contributed by atoms with E-state index in [4.69, 9.17) is 0 Å². The largest absolute Gasteiger partial charge is 0.393 e. The molecule has 0 aromatic carbocycles. The lowest BCUT2D eigenvalue weighted by Crippen LogP contribution is -2.42. The van der Waals surface area contributed by atoms with Crippen LogP contribution in [0.1, 0.15) is 12.8 Å². The minimum atomic E-state index is -4.12. The molecule has 0 bridgehead atoms. The summed E-state index contributed by atoms with van der Waals surface area (Å²) < 4.78 is 48.6. The minimum absolute atomic E-state index is 0.0343. The van der Waals surface area contributed by atoms with E-state index in [9.17, 15) is 17.6 Å². The summed E-state index contributed by atoms with van der Waals surface area (Å²) in [6, 6.07) is 0. The molecule has 5 heteroatoms. The fraction of sp³-hybridized carbons (Fsp3) is 1.00. The highest BCUT2D eigenvalue weighted by molar-refractivity contribution is 4.77. The van der Waals surface area contributed by atoms with Crippen LogP contribution in [0.4, 0.5) is 17.6 Å². The Morgan fingerprint density at radius 3 is 2.54 bits per heavy atom. The van der Waals surface area contributed by atoms with Crippen molar-refractivity contribution in [2.45, 2.75) is 19.0 Å². The SMILES string of the molecule is FCCN1CCCC(C(F)(F)F)C1. The van der Waals surface area contributed by atoms with Gasteiger partial charge in [-0.1, -0.05) is 0 Å². The summed E-state index contributed by atoms with van der Waals surface area (Å²) >= 11 is 0. The van der Waals surface area contributed by atoms with Crippen LogP contribution in [-0.4, -0.2) is 37.4 Å². The fourth-order valence-electron chi connectivity index (χ4n) is 1.65. The number of hydrogen-bond donors (Lipinski definition) is 0. The average Bonchev–Trinajstić information content (AvgIpc) is 2.04. The predicted molar refractivity (Wildman–Crippen MR) is 41.2 cm³/mol. The molecular formula is C8H13F4N. The Balaban J connectivity index is 2.42. The number of likely N-dealkylation sites (tertiary alicyclic amines) is 1. The summed E-state index contributed by atoms with van der Waals surface area (Å²) in [6.45, 7) is 0.126. The van der Waals surface area contributed by atoms with E-state index in [-0.39, 0.29) is 19.5 Å². The van der Waals surface area contributed by atoms with Crippen LogP contribution in [0, 0.1) is 5.92 Å². The smallest absolute Gasteiger partial charge is 0.300 e. The van der Waals surface area contributed by atoms with Crippen LogP contribution in [-0.2, 0) is 0 Å². The molecule has 0 aliphatic carbocycles. The van der Waals surface area contributed by atoms with Crippen molar-refractivity contribution in [3.05, 3.63) is 0 Å². The van der Waals surface area contributed by atoms with Crippen molar-refractivity contribution < 1.29 is 17.6 Å². The second-order valence-corrected chi connectivity index (χ2v) is 3.37. The first-order valence-corrected chi connectivity index (χ1v) is 4.39. The van der Waals surface area contributed by atoms with Crippen molar-refractivity contribution in [2.75, 3.05) is 26.3 Å². The number of nitrogens with zero attached hydrogens (tertiary/aromatic N) is 1. The van der Waals surface area contributed by atoms with Crippen molar-refractivity contribution in [2.24, 2.45) is 5.92 Å². The summed E-state index contributed by atoms with van der Waals surface area (Å²) in [5, 5.41) is 0. The Labute approximate surface area is 74.7 Å². The molecule has 0 aromatic heterocycles. The molecule has 0 radical (unpaired) electrons. The maximum Gasteiger partial charge on any atom is 0.393 e. The molecule has 1 fully saturated rings. The van der Waals surface area contributed by atoms with Crippen molar-refractivity contribution in [3.63, 3.8) is 0 Å². The van der Waals surface area contributed by atoms with Gasteiger partial charge >= 0.3 is 6.18 Å². The van der Waals surface area contributed by atoms with Gasteiger partial charge in [0.15, 0.2) is 0 Å². The number of halogens is 4. The van der Waals surface area contributed by atoms with E-state index >= 15 is 0 Å². The van der Waals surface area contributed by atoms with Gasteiger partial charge in [-0.2, -0.15) is 13.2 Å². The van der Waals surface area contributed by atoms with Gasteiger partial charge in [-0.15, -0.1) is 0 Å². The molecule has 1 nitrogen and oxygen atoms in total. The van der Waals surface area contributed by atoms with E-state index in [1.54, 1.807) is 4.90 Å². The quantitative estimate of drug-likeness (QED) is 0.616. The monoisotopic (exact) mass is 199 g/mol. The van der Waals surface area contributed by atoms with Crippen molar-refractivity contribution in [3.8, 4) is 0 Å². The maximum absolute atomic E-state index is 12.2. The van der Waals surface area contributed by atoms with Gasteiger partial charge in [0.2, 0.25) is 0 Å². The summed E-state index contributed by atoms with van der Waals surface area (Å²) in [6.07, 6.45) is -3.41. The van der Waals surface area contributed by atoms with Crippen LogP contribution in [0.5, 0.6) is 0 Å². The third kappa shape index (κ3) is 3.14. The summed E-state index contributed by atoms with van der Waals surface area (Å²) in [7, 11) is 0. The average molecular weight is 199 g/mol. The summed E-state index contributed by atoms with van der Waals surface area (Å²) in [4.78, 5) is 1.54. The fourth-order valence-corrected chi connectivity index (χ4v) is 1.65. The molecule has 13 heavy (non-hydrogen) atoms. The summed E-state index contributed by atoms with van der Waals surface area (Å²) in [5.74, 6) is -1.26. The van der Waals surface area contributed by atoms with E-state index in [0.717, 1.165) is 0 Å². The molecule has 1 saturated heterocycles. The van der Waals surface area contributed by atoms with Gasteiger partial charge in [0.05, 0.1) is 5.92 Å².